The molecule has 0 saturated heterocycles. The van der Waals surface area contributed by atoms with Gasteiger partial charge in [-0.25, -0.2) is 4.79 Å². The zero-order valence-electron chi connectivity index (χ0n) is 14.9. The molecule has 1 atom stereocenters. The largest absolute Gasteiger partial charge is 0.497 e. The molecule has 6 heteroatoms. The monoisotopic (exact) mass is 352 g/mol. The van der Waals surface area contributed by atoms with Gasteiger partial charge >= 0.3 is 6.09 Å². The summed E-state index contributed by atoms with van der Waals surface area (Å²) < 4.78 is 10.4. The average Bonchev–Trinajstić information content (AvgIpc) is 2.49. The molecule has 0 spiro atoms. The maximum atomic E-state index is 11.6. The number of hydrogen-bond acceptors (Lipinski definition) is 4. The number of carbonyl (C=O) groups excluding carboxylic acids is 1. The van der Waals surface area contributed by atoms with E-state index >= 15 is 0 Å². The normalized spacial score (nSPS) is 12.3. The number of carbonyl (C=O) groups is 1. The van der Waals surface area contributed by atoms with E-state index in [0.717, 1.165) is 30.6 Å². The summed E-state index contributed by atoms with van der Waals surface area (Å²) in [6.07, 6.45) is 1.99. The van der Waals surface area contributed by atoms with Crippen molar-refractivity contribution in [2.75, 3.05) is 13.7 Å². The van der Waals surface area contributed by atoms with Crippen LogP contribution >= 0.6 is 12.2 Å². The van der Waals surface area contributed by atoms with Gasteiger partial charge in [0.25, 0.3) is 0 Å². The Bertz CT molecular complexity index is 538. The van der Waals surface area contributed by atoms with Gasteiger partial charge in [0.05, 0.1) is 12.1 Å². The average molecular weight is 353 g/mol. The standard InChI is InChI=1S/C18H28N2O3S/c1-18(2,3)23-17(21)20-11-5-6-14(16(19)24)12-13-7-9-15(22-4)10-8-13/h7-10,14H,5-6,11-12H2,1-4H3,(H2,19,24)(H,20,21). The van der Waals surface area contributed by atoms with Crippen LogP contribution in [-0.2, 0) is 11.2 Å². The number of hydrogen-bond donors (Lipinski definition) is 2. The molecule has 0 radical (unpaired) electrons. The van der Waals surface area contributed by atoms with Crippen molar-refractivity contribution in [3.05, 3.63) is 29.8 Å². The van der Waals surface area contributed by atoms with Crippen LogP contribution in [0, 0.1) is 5.92 Å². The van der Waals surface area contributed by atoms with Crippen LogP contribution in [0.1, 0.15) is 39.2 Å². The van der Waals surface area contributed by atoms with Gasteiger partial charge in [0.2, 0.25) is 0 Å². The third-order valence-corrected chi connectivity index (χ3v) is 3.77. The molecular formula is C18H28N2O3S. The van der Waals surface area contributed by atoms with E-state index < -0.39 is 11.7 Å². The summed E-state index contributed by atoms with van der Waals surface area (Å²) in [5, 5.41) is 2.75. The SMILES string of the molecule is COc1ccc(CC(CCCNC(=O)OC(C)(C)C)C(N)=S)cc1. The van der Waals surface area contributed by atoms with Crippen molar-refractivity contribution >= 4 is 23.3 Å². The first-order chi connectivity index (χ1) is 11.2. The van der Waals surface area contributed by atoms with E-state index in [2.05, 4.69) is 5.32 Å². The van der Waals surface area contributed by atoms with Crippen molar-refractivity contribution in [3.63, 3.8) is 0 Å². The van der Waals surface area contributed by atoms with Crippen LogP contribution in [0.5, 0.6) is 5.75 Å². The Morgan fingerprint density at radius 3 is 2.42 bits per heavy atom. The van der Waals surface area contributed by atoms with Crippen LogP contribution in [0.25, 0.3) is 0 Å². The quantitative estimate of drug-likeness (QED) is 0.554. The van der Waals surface area contributed by atoms with Gasteiger partial charge in [0.1, 0.15) is 11.4 Å². The molecule has 0 fully saturated rings. The minimum Gasteiger partial charge on any atom is -0.497 e. The molecule has 0 heterocycles. The highest BCUT2D eigenvalue weighted by molar-refractivity contribution is 7.80. The van der Waals surface area contributed by atoms with Crippen LogP contribution in [0.4, 0.5) is 4.79 Å². The molecule has 0 aliphatic rings. The van der Waals surface area contributed by atoms with Crippen LogP contribution in [0.2, 0.25) is 0 Å². The summed E-state index contributed by atoms with van der Waals surface area (Å²) in [4.78, 5) is 12.1. The van der Waals surface area contributed by atoms with Gasteiger partial charge in [-0.15, -0.1) is 0 Å². The molecule has 1 rings (SSSR count). The van der Waals surface area contributed by atoms with Gasteiger partial charge in [-0.1, -0.05) is 24.4 Å². The van der Waals surface area contributed by atoms with Gasteiger partial charge < -0.3 is 20.5 Å². The Morgan fingerprint density at radius 1 is 1.29 bits per heavy atom. The van der Waals surface area contributed by atoms with Crippen molar-refractivity contribution in [1.82, 2.24) is 5.32 Å². The molecule has 0 aliphatic carbocycles. The summed E-state index contributed by atoms with van der Waals surface area (Å²) >= 11 is 5.18. The predicted octanol–water partition coefficient (Wildman–Crippen LogP) is 3.44. The lowest BCUT2D eigenvalue weighted by Crippen LogP contribution is -2.33. The van der Waals surface area contributed by atoms with Crippen LogP contribution in [0.3, 0.4) is 0 Å². The van der Waals surface area contributed by atoms with E-state index in [1.807, 2.05) is 45.0 Å². The second-order valence-electron chi connectivity index (χ2n) is 6.72. The Kier molecular flexibility index (Phi) is 7.98. The number of rotatable bonds is 8. The fraction of sp³-hybridized carbons (Fsp3) is 0.556. The Balaban J connectivity index is 2.41. The molecule has 5 nitrogen and oxygen atoms in total. The molecule has 24 heavy (non-hydrogen) atoms. The zero-order chi connectivity index (χ0) is 18.2. The number of nitrogens with two attached hydrogens (primary N) is 1. The molecule has 3 N–H and O–H groups in total. The molecule has 1 amide bonds. The lowest BCUT2D eigenvalue weighted by molar-refractivity contribution is 0.0526. The minimum absolute atomic E-state index is 0.105. The number of thiocarbonyl (C=S) groups is 1. The summed E-state index contributed by atoms with van der Waals surface area (Å²) in [6.45, 7) is 6.05. The van der Waals surface area contributed by atoms with Crippen LogP contribution in [-0.4, -0.2) is 30.3 Å². The Labute approximate surface area is 149 Å². The molecule has 0 saturated carbocycles. The lowest BCUT2D eigenvalue weighted by Gasteiger charge is -2.20. The van der Waals surface area contributed by atoms with E-state index in [0.29, 0.717) is 11.5 Å². The maximum Gasteiger partial charge on any atom is 0.407 e. The van der Waals surface area contributed by atoms with Crippen LogP contribution in [0.15, 0.2) is 24.3 Å². The fourth-order valence-corrected chi connectivity index (χ4v) is 2.45. The number of ether oxygens (including phenoxy) is 2. The Hall–Kier alpha value is -1.82. The summed E-state index contributed by atoms with van der Waals surface area (Å²) in [6, 6.07) is 7.89. The van der Waals surface area contributed by atoms with Crippen molar-refractivity contribution < 1.29 is 14.3 Å². The molecular weight excluding hydrogens is 324 g/mol. The number of benzene rings is 1. The molecule has 1 aromatic carbocycles. The van der Waals surface area contributed by atoms with E-state index in [9.17, 15) is 4.79 Å². The molecule has 0 aromatic heterocycles. The van der Waals surface area contributed by atoms with Crippen molar-refractivity contribution in [1.29, 1.82) is 0 Å². The third-order valence-electron chi connectivity index (χ3n) is 3.44. The fourth-order valence-electron chi connectivity index (χ4n) is 2.24. The van der Waals surface area contributed by atoms with Gasteiger partial charge in [-0.05, 0) is 57.7 Å². The molecule has 1 unspecified atom stereocenters. The minimum atomic E-state index is -0.486. The first kappa shape index (κ1) is 20.2. The number of nitrogens with one attached hydrogen (secondary N) is 1. The lowest BCUT2D eigenvalue weighted by atomic mass is 9.94. The highest BCUT2D eigenvalue weighted by atomic mass is 32.1. The molecule has 0 bridgehead atoms. The van der Waals surface area contributed by atoms with Crippen molar-refractivity contribution in [3.8, 4) is 5.75 Å². The molecule has 1 aromatic rings. The topological polar surface area (TPSA) is 73.6 Å². The van der Waals surface area contributed by atoms with Gasteiger partial charge in [-0.2, -0.15) is 0 Å². The van der Waals surface area contributed by atoms with E-state index in [-0.39, 0.29) is 5.92 Å². The number of methoxy groups -OCH3 is 1. The highest BCUT2D eigenvalue weighted by Crippen LogP contribution is 2.18. The summed E-state index contributed by atoms with van der Waals surface area (Å²) in [7, 11) is 1.64. The second kappa shape index (κ2) is 9.47. The Morgan fingerprint density at radius 2 is 1.92 bits per heavy atom. The zero-order valence-corrected chi connectivity index (χ0v) is 15.7. The first-order valence-electron chi connectivity index (χ1n) is 8.10. The van der Waals surface area contributed by atoms with E-state index in [1.54, 1.807) is 7.11 Å². The van der Waals surface area contributed by atoms with E-state index in [1.165, 1.54) is 0 Å². The van der Waals surface area contributed by atoms with Gasteiger partial charge in [-0.3, -0.25) is 0 Å². The van der Waals surface area contributed by atoms with Gasteiger partial charge in [0, 0.05) is 12.5 Å². The van der Waals surface area contributed by atoms with Crippen LogP contribution < -0.4 is 15.8 Å². The summed E-state index contributed by atoms with van der Waals surface area (Å²) in [5.41, 5.74) is 6.54. The summed E-state index contributed by atoms with van der Waals surface area (Å²) in [5.74, 6) is 0.931. The van der Waals surface area contributed by atoms with E-state index in [4.69, 9.17) is 27.4 Å². The molecule has 0 aliphatic heterocycles. The first-order valence-corrected chi connectivity index (χ1v) is 8.51. The smallest absolute Gasteiger partial charge is 0.407 e. The highest BCUT2D eigenvalue weighted by Gasteiger charge is 2.16. The third kappa shape index (κ3) is 8.15. The number of amides is 1. The van der Waals surface area contributed by atoms with Gasteiger partial charge in [0.15, 0.2) is 0 Å². The molecule has 134 valence electrons. The predicted molar refractivity (Wildman–Crippen MR) is 100 cm³/mol. The maximum absolute atomic E-state index is 11.6. The van der Waals surface area contributed by atoms with Crippen molar-refractivity contribution in [2.45, 2.75) is 45.6 Å². The van der Waals surface area contributed by atoms with Crippen molar-refractivity contribution in [2.24, 2.45) is 11.7 Å². The number of alkyl carbamates (subject to hydrolysis) is 1. The second-order valence-corrected chi connectivity index (χ2v) is 7.19.